The number of fused-ring (bicyclic) bond motifs is 1. The van der Waals surface area contributed by atoms with Gasteiger partial charge in [-0.2, -0.15) is 0 Å². The highest BCUT2D eigenvalue weighted by Crippen LogP contribution is 2.36. The van der Waals surface area contributed by atoms with E-state index >= 15 is 0 Å². The highest BCUT2D eigenvalue weighted by atomic mass is 16.7. The third-order valence-electron chi connectivity index (χ3n) is 4.70. The Morgan fingerprint density at radius 2 is 1.90 bits per heavy atom. The van der Waals surface area contributed by atoms with Crippen LogP contribution in [-0.2, 0) is 9.53 Å². The largest absolute Gasteiger partial charge is 0.465 e. The minimum Gasteiger partial charge on any atom is -0.465 e. The zero-order chi connectivity index (χ0) is 20.4. The van der Waals surface area contributed by atoms with Gasteiger partial charge in [-0.05, 0) is 24.3 Å². The smallest absolute Gasteiger partial charge is 0.339 e. The summed E-state index contributed by atoms with van der Waals surface area (Å²) in [6.45, 7) is 0.880. The maximum atomic E-state index is 12.7. The average Bonchev–Trinajstić information content (AvgIpc) is 3.34. The van der Waals surface area contributed by atoms with Crippen molar-refractivity contribution in [2.75, 3.05) is 43.8 Å². The molecular formula is C20H19N3O6. The lowest BCUT2D eigenvalue weighted by Crippen LogP contribution is -2.37. The van der Waals surface area contributed by atoms with Gasteiger partial charge in [0.2, 0.25) is 12.7 Å². The number of benzene rings is 2. The number of anilines is 2. The average molecular weight is 397 g/mol. The summed E-state index contributed by atoms with van der Waals surface area (Å²) in [5.74, 6) is 0.279. The van der Waals surface area contributed by atoms with Crippen LogP contribution in [0.5, 0.6) is 11.5 Å². The molecule has 0 bridgehead atoms. The maximum absolute atomic E-state index is 12.7. The highest BCUT2D eigenvalue weighted by Gasteiger charge is 2.32. The molecule has 1 N–H and O–H groups in total. The molecule has 9 nitrogen and oxygen atoms in total. The highest BCUT2D eigenvalue weighted by molar-refractivity contribution is 6.03. The Morgan fingerprint density at radius 1 is 1.10 bits per heavy atom. The molecule has 0 spiro atoms. The van der Waals surface area contributed by atoms with E-state index in [1.165, 1.54) is 12.0 Å². The number of amides is 3. The van der Waals surface area contributed by atoms with Crippen LogP contribution in [0.1, 0.15) is 10.4 Å². The van der Waals surface area contributed by atoms with Gasteiger partial charge in [0.15, 0.2) is 11.5 Å². The lowest BCUT2D eigenvalue weighted by molar-refractivity contribution is -0.116. The standard InChI is InChI=1S/C20H19N3O6/c1-27-19(25)14-4-2-3-5-15(14)21-18(24)11-22-8-9-23(20(22)26)13-6-7-16-17(10-13)29-12-28-16/h2-7,10H,8-9,11-12H2,1H3,(H,21,24). The van der Waals surface area contributed by atoms with E-state index < -0.39 is 11.9 Å². The van der Waals surface area contributed by atoms with Gasteiger partial charge < -0.3 is 24.4 Å². The van der Waals surface area contributed by atoms with Gasteiger partial charge in [-0.1, -0.05) is 12.1 Å². The van der Waals surface area contributed by atoms with Crippen LogP contribution in [0.25, 0.3) is 0 Å². The number of carbonyl (C=O) groups excluding carboxylic acids is 3. The number of hydrogen-bond acceptors (Lipinski definition) is 6. The number of para-hydroxylation sites is 1. The number of ether oxygens (including phenoxy) is 3. The van der Waals surface area contributed by atoms with E-state index in [-0.39, 0.29) is 24.9 Å². The fourth-order valence-corrected chi connectivity index (χ4v) is 3.27. The summed E-state index contributed by atoms with van der Waals surface area (Å²) in [7, 11) is 1.27. The van der Waals surface area contributed by atoms with E-state index in [0.29, 0.717) is 36.0 Å². The van der Waals surface area contributed by atoms with Crippen LogP contribution >= 0.6 is 0 Å². The molecule has 150 valence electrons. The van der Waals surface area contributed by atoms with E-state index in [2.05, 4.69) is 5.32 Å². The molecule has 2 heterocycles. The van der Waals surface area contributed by atoms with Crippen molar-refractivity contribution < 1.29 is 28.6 Å². The lowest BCUT2D eigenvalue weighted by atomic mass is 10.2. The summed E-state index contributed by atoms with van der Waals surface area (Å²) < 4.78 is 15.4. The SMILES string of the molecule is COC(=O)c1ccccc1NC(=O)CN1CCN(c2ccc3c(c2)OCO3)C1=O. The second-order valence-corrected chi connectivity index (χ2v) is 6.48. The first-order chi connectivity index (χ1) is 14.1. The Balaban J connectivity index is 1.41. The summed E-state index contributed by atoms with van der Waals surface area (Å²) in [5, 5.41) is 2.67. The van der Waals surface area contributed by atoms with Crippen LogP contribution in [0, 0.1) is 0 Å². The van der Waals surface area contributed by atoms with E-state index in [1.54, 1.807) is 47.4 Å². The summed E-state index contributed by atoms with van der Waals surface area (Å²) in [5.41, 5.74) is 1.26. The van der Waals surface area contributed by atoms with E-state index in [0.717, 1.165) is 0 Å². The second kappa shape index (κ2) is 7.70. The summed E-state index contributed by atoms with van der Waals surface area (Å²) in [4.78, 5) is 40.1. The minimum absolute atomic E-state index is 0.130. The molecule has 0 atom stereocenters. The molecule has 0 saturated carbocycles. The first-order valence-corrected chi connectivity index (χ1v) is 9.00. The number of urea groups is 1. The number of rotatable bonds is 5. The molecule has 1 saturated heterocycles. The summed E-state index contributed by atoms with van der Waals surface area (Å²) in [6.07, 6.45) is 0. The van der Waals surface area contributed by atoms with Gasteiger partial charge in [0, 0.05) is 24.8 Å². The number of esters is 1. The van der Waals surface area contributed by atoms with Crippen molar-refractivity contribution in [1.82, 2.24) is 4.90 Å². The Labute approximate surface area is 166 Å². The molecule has 2 aliphatic heterocycles. The van der Waals surface area contributed by atoms with Crippen molar-refractivity contribution in [1.29, 1.82) is 0 Å². The van der Waals surface area contributed by atoms with Gasteiger partial charge in [0.1, 0.15) is 6.54 Å². The van der Waals surface area contributed by atoms with E-state index in [4.69, 9.17) is 14.2 Å². The third kappa shape index (κ3) is 3.66. The fourth-order valence-electron chi connectivity index (χ4n) is 3.27. The third-order valence-corrected chi connectivity index (χ3v) is 4.70. The molecule has 2 aromatic carbocycles. The molecule has 0 radical (unpaired) electrons. The number of methoxy groups -OCH3 is 1. The number of carbonyl (C=O) groups is 3. The van der Waals surface area contributed by atoms with Crippen LogP contribution in [0.4, 0.5) is 16.2 Å². The van der Waals surface area contributed by atoms with Crippen molar-refractivity contribution in [3.8, 4) is 11.5 Å². The zero-order valence-corrected chi connectivity index (χ0v) is 15.7. The lowest BCUT2D eigenvalue weighted by Gasteiger charge is -2.19. The van der Waals surface area contributed by atoms with Gasteiger partial charge in [-0.25, -0.2) is 9.59 Å². The van der Waals surface area contributed by atoms with Crippen molar-refractivity contribution in [3.63, 3.8) is 0 Å². The number of nitrogens with one attached hydrogen (secondary N) is 1. The molecule has 0 unspecified atom stereocenters. The van der Waals surface area contributed by atoms with Crippen molar-refractivity contribution in [2.45, 2.75) is 0 Å². The zero-order valence-electron chi connectivity index (χ0n) is 15.7. The van der Waals surface area contributed by atoms with Crippen molar-refractivity contribution >= 4 is 29.3 Å². The molecule has 0 aromatic heterocycles. The van der Waals surface area contributed by atoms with Crippen LogP contribution in [-0.4, -0.2) is 56.3 Å². The molecule has 3 amide bonds. The molecular weight excluding hydrogens is 378 g/mol. The predicted molar refractivity (Wildman–Crippen MR) is 103 cm³/mol. The Bertz CT molecular complexity index is 976. The first-order valence-electron chi connectivity index (χ1n) is 9.00. The monoisotopic (exact) mass is 397 g/mol. The van der Waals surface area contributed by atoms with Crippen LogP contribution in [0.3, 0.4) is 0 Å². The Hall–Kier alpha value is -3.75. The van der Waals surface area contributed by atoms with Gasteiger partial charge in [0.05, 0.1) is 18.4 Å². The number of nitrogens with zero attached hydrogens (tertiary/aromatic N) is 2. The van der Waals surface area contributed by atoms with Gasteiger partial charge in [-0.15, -0.1) is 0 Å². The van der Waals surface area contributed by atoms with Crippen molar-refractivity contribution in [2.24, 2.45) is 0 Å². The molecule has 0 aliphatic carbocycles. The molecule has 2 aliphatic rings. The summed E-state index contributed by atoms with van der Waals surface area (Å²) in [6, 6.07) is 11.5. The van der Waals surface area contributed by atoms with Gasteiger partial charge in [0.25, 0.3) is 0 Å². The molecule has 2 aromatic rings. The van der Waals surface area contributed by atoms with Crippen LogP contribution in [0.2, 0.25) is 0 Å². The topological polar surface area (TPSA) is 97.4 Å². The van der Waals surface area contributed by atoms with E-state index in [1.807, 2.05) is 0 Å². The van der Waals surface area contributed by atoms with Gasteiger partial charge >= 0.3 is 12.0 Å². The molecule has 9 heteroatoms. The quantitative estimate of drug-likeness (QED) is 0.776. The number of hydrogen-bond donors (Lipinski definition) is 1. The Kier molecular flexibility index (Phi) is 4.94. The first kappa shape index (κ1) is 18.6. The van der Waals surface area contributed by atoms with Gasteiger partial charge in [-0.3, -0.25) is 9.69 Å². The Morgan fingerprint density at radius 3 is 2.72 bits per heavy atom. The predicted octanol–water partition coefficient (Wildman–Crippen LogP) is 2.08. The van der Waals surface area contributed by atoms with Crippen LogP contribution < -0.4 is 19.7 Å². The normalized spacial score (nSPS) is 14.9. The van der Waals surface area contributed by atoms with E-state index in [9.17, 15) is 14.4 Å². The van der Waals surface area contributed by atoms with Crippen molar-refractivity contribution in [3.05, 3.63) is 48.0 Å². The maximum Gasteiger partial charge on any atom is 0.339 e. The molecule has 1 fully saturated rings. The van der Waals surface area contributed by atoms with Crippen LogP contribution in [0.15, 0.2) is 42.5 Å². The second-order valence-electron chi connectivity index (χ2n) is 6.48. The molecule has 4 rings (SSSR count). The minimum atomic E-state index is -0.549. The molecule has 29 heavy (non-hydrogen) atoms. The fraction of sp³-hybridized carbons (Fsp3) is 0.250. The summed E-state index contributed by atoms with van der Waals surface area (Å²) >= 11 is 0.